The number of carboxylic acid groups (broad SMARTS) is 1. The Hall–Kier alpha value is -2.79. The highest BCUT2D eigenvalue weighted by atomic mass is 32.1. The second-order valence-electron chi connectivity index (χ2n) is 8.38. The van der Waals surface area contributed by atoms with Crippen LogP contribution in [0.25, 0.3) is 0 Å². The van der Waals surface area contributed by atoms with Crippen LogP contribution in [0.2, 0.25) is 0 Å². The first-order valence-electron chi connectivity index (χ1n) is 10.3. The van der Waals surface area contributed by atoms with Crippen molar-refractivity contribution < 1.29 is 28.2 Å². The zero-order valence-corrected chi connectivity index (χ0v) is 18.4. The van der Waals surface area contributed by atoms with Gasteiger partial charge >= 0.3 is 12.0 Å². The molecule has 11 heteroatoms. The van der Waals surface area contributed by atoms with E-state index in [1.54, 1.807) is 0 Å². The number of aromatic nitrogens is 1. The van der Waals surface area contributed by atoms with Gasteiger partial charge in [0.2, 0.25) is 5.88 Å². The molecule has 0 radical (unpaired) electrons. The van der Waals surface area contributed by atoms with Crippen molar-refractivity contribution in [3.05, 3.63) is 40.5 Å². The maximum absolute atomic E-state index is 14.0. The second-order valence-corrected chi connectivity index (χ2v) is 9.15. The van der Waals surface area contributed by atoms with Crippen LogP contribution in [0, 0.1) is 24.0 Å². The quantitative estimate of drug-likeness (QED) is 0.576. The summed E-state index contributed by atoms with van der Waals surface area (Å²) in [6.07, 6.45) is 3.09. The summed E-state index contributed by atoms with van der Waals surface area (Å²) in [6.45, 7) is 4.66. The summed E-state index contributed by atoms with van der Waals surface area (Å²) >= 11 is 0.750. The number of urea groups is 1. The van der Waals surface area contributed by atoms with Crippen LogP contribution in [0.15, 0.2) is 12.1 Å². The Balaban J connectivity index is 1.40. The SMILES string of the molecule is Cc1cc(F)c(COc2nsc(NC(=O)NCC34CCN(CC3)CC4)c2C(=O)O)cc1F. The van der Waals surface area contributed by atoms with E-state index in [1.165, 1.54) is 6.92 Å². The molecule has 0 unspecified atom stereocenters. The number of rotatable bonds is 7. The van der Waals surface area contributed by atoms with Gasteiger partial charge in [0.1, 0.15) is 23.2 Å². The Kier molecular flexibility index (Phi) is 6.29. The molecule has 2 amide bonds. The molecule has 1 aromatic heterocycles. The summed E-state index contributed by atoms with van der Waals surface area (Å²) in [6, 6.07) is 1.52. The van der Waals surface area contributed by atoms with E-state index in [0.717, 1.165) is 62.6 Å². The van der Waals surface area contributed by atoms with Crippen LogP contribution in [0.1, 0.15) is 40.7 Å². The maximum Gasteiger partial charge on any atom is 0.344 e. The van der Waals surface area contributed by atoms with Gasteiger partial charge in [0.05, 0.1) is 0 Å². The summed E-state index contributed by atoms with van der Waals surface area (Å²) in [5.74, 6) is -2.88. The number of halogens is 2. The van der Waals surface area contributed by atoms with Crippen molar-refractivity contribution in [3.63, 3.8) is 0 Å². The number of nitrogens with zero attached hydrogens (tertiary/aromatic N) is 2. The molecule has 5 rings (SSSR count). The lowest BCUT2D eigenvalue weighted by molar-refractivity contribution is 0.0288. The molecule has 172 valence electrons. The van der Waals surface area contributed by atoms with Gasteiger partial charge in [0.25, 0.3) is 0 Å². The second kappa shape index (κ2) is 8.99. The first-order valence-corrected chi connectivity index (χ1v) is 11.1. The molecular formula is C21H24F2N4O4S. The Morgan fingerprint density at radius 2 is 1.91 bits per heavy atom. The third-order valence-corrected chi connectivity index (χ3v) is 7.04. The van der Waals surface area contributed by atoms with Crippen LogP contribution < -0.4 is 15.4 Å². The number of fused-ring (bicyclic) bond motifs is 3. The van der Waals surface area contributed by atoms with Crippen LogP contribution >= 0.6 is 11.5 Å². The maximum atomic E-state index is 14.0. The molecule has 0 aliphatic carbocycles. The van der Waals surface area contributed by atoms with E-state index >= 15 is 0 Å². The number of anilines is 1. The van der Waals surface area contributed by atoms with Crippen LogP contribution in [-0.2, 0) is 6.61 Å². The fourth-order valence-corrected chi connectivity index (χ4v) is 4.89. The summed E-state index contributed by atoms with van der Waals surface area (Å²) in [5.41, 5.74) is -0.149. The van der Waals surface area contributed by atoms with Crippen LogP contribution in [-0.4, -0.2) is 52.6 Å². The summed E-state index contributed by atoms with van der Waals surface area (Å²) in [5, 5.41) is 15.0. The van der Waals surface area contributed by atoms with E-state index in [-0.39, 0.29) is 33.0 Å². The highest BCUT2D eigenvalue weighted by Crippen LogP contribution is 2.39. The van der Waals surface area contributed by atoms with Crippen molar-refractivity contribution in [1.82, 2.24) is 14.6 Å². The first kappa shape index (κ1) is 22.4. The van der Waals surface area contributed by atoms with Crippen molar-refractivity contribution in [3.8, 4) is 5.88 Å². The molecule has 3 N–H and O–H groups in total. The number of hydrogen-bond acceptors (Lipinski definition) is 6. The van der Waals surface area contributed by atoms with Crippen LogP contribution in [0.5, 0.6) is 5.88 Å². The van der Waals surface area contributed by atoms with E-state index in [1.807, 2.05) is 0 Å². The van der Waals surface area contributed by atoms with Crippen LogP contribution in [0.4, 0.5) is 18.6 Å². The minimum atomic E-state index is -1.35. The molecule has 2 aromatic rings. The Morgan fingerprint density at radius 3 is 2.56 bits per heavy atom. The zero-order valence-electron chi connectivity index (χ0n) is 17.5. The zero-order chi connectivity index (χ0) is 22.9. The molecule has 8 nitrogen and oxygen atoms in total. The van der Waals surface area contributed by atoms with Gasteiger partial charge in [-0.25, -0.2) is 18.4 Å². The molecule has 1 aromatic carbocycles. The predicted octanol–water partition coefficient (Wildman–Crippen LogP) is 3.61. The Bertz CT molecular complexity index is 1020. The molecule has 3 saturated heterocycles. The third-order valence-electron chi connectivity index (χ3n) is 6.29. The lowest BCUT2D eigenvalue weighted by Crippen LogP contribution is -2.53. The van der Waals surface area contributed by atoms with Gasteiger partial charge in [-0.3, -0.25) is 5.32 Å². The van der Waals surface area contributed by atoms with Crippen molar-refractivity contribution in [2.24, 2.45) is 5.41 Å². The van der Waals surface area contributed by atoms with Gasteiger partial charge in [-0.1, -0.05) is 0 Å². The third kappa shape index (κ3) is 4.68. The van der Waals surface area contributed by atoms with Gasteiger partial charge in [-0.2, -0.15) is 4.37 Å². The Labute approximate surface area is 187 Å². The van der Waals surface area contributed by atoms with Gasteiger partial charge in [0, 0.05) is 12.1 Å². The first-order chi connectivity index (χ1) is 15.3. The van der Waals surface area contributed by atoms with Gasteiger partial charge < -0.3 is 20.1 Å². The standard InChI is InChI=1S/C21H24F2N4O4S/c1-12-8-15(23)13(9-14(12)22)10-31-17-16(19(28)29)18(32-26-17)25-20(30)24-11-21-2-5-27(6-3-21)7-4-21/h8-9H,2-7,10-11H2,1H3,(H,28,29)(H2,24,25,30). The number of hydrogen-bond donors (Lipinski definition) is 3. The number of carbonyl (C=O) groups excluding carboxylic acids is 1. The highest BCUT2D eigenvalue weighted by Gasteiger charge is 2.39. The van der Waals surface area contributed by atoms with E-state index in [0.29, 0.717) is 6.54 Å². The van der Waals surface area contributed by atoms with Crippen molar-refractivity contribution in [1.29, 1.82) is 0 Å². The van der Waals surface area contributed by atoms with Crippen molar-refractivity contribution in [2.45, 2.75) is 32.8 Å². The highest BCUT2D eigenvalue weighted by molar-refractivity contribution is 7.11. The van der Waals surface area contributed by atoms with Crippen molar-refractivity contribution >= 4 is 28.5 Å². The molecule has 3 aliphatic rings. The number of carboxylic acids is 1. The topological polar surface area (TPSA) is 104 Å². The number of amides is 2. The number of piperidine rings is 3. The van der Waals surface area contributed by atoms with Crippen molar-refractivity contribution in [2.75, 3.05) is 31.5 Å². The molecule has 2 bridgehead atoms. The van der Waals surface area contributed by atoms with E-state index < -0.39 is 30.2 Å². The average Bonchev–Trinajstić information content (AvgIpc) is 3.18. The molecular weight excluding hydrogens is 442 g/mol. The molecule has 3 fully saturated rings. The van der Waals surface area contributed by atoms with Gasteiger partial charge in [-0.05, 0) is 80.5 Å². The number of aryl methyl sites for hydroxylation is 1. The van der Waals surface area contributed by atoms with E-state index in [9.17, 15) is 23.5 Å². The van der Waals surface area contributed by atoms with Gasteiger partial charge in [0.15, 0.2) is 5.56 Å². The normalized spacial score (nSPS) is 21.9. The summed E-state index contributed by atoms with van der Waals surface area (Å²) < 4.78 is 37.0. The fraction of sp³-hybridized carbons (Fsp3) is 0.476. The van der Waals surface area contributed by atoms with Crippen LogP contribution in [0.3, 0.4) is 0 Å². The predicted molar refractivity (Wildman–Crippen MR) is 114 cm³/mol. The molecule has 32 heavy (non-hydrogen) atoms. The smallest absolute Gasteiger partial charge is 0.344 e. The molecule has 0 atom stereocenters. The number of ether oxygens (including phenoxy) is 1. The molecule has 4 heterocycles. The summed E-state index contributed by atoms with van der Waals surface area (Å²) in [7, 11) is 0. The number of benzene rings is 1. The number of nitrogens with one attached hydrogen (secondary N) is 2. The average molecular weight is 467 g/mol. The summed E-state index contributed by atoms with van der Waals surface area (Å²) in [4.78, 5) is 26.6. The minimum absolute atomic E-state index is 0.0107. The molecule has 3 aliphatic heterocycles. The number of aromatic carboxylic acids is 1. The number of carbonyl (C=O) groups is 2. The fourth-order valence-electron chi connectivity index (χ4n) is 4.17. The minimum Gasteiger partial charge on any atom is -0.477 e. The van der Waals surface area contributed by atoms with Gasteiger partial charge in [-0.15, -0.1) is 0 Å². The van der Waals surface area contributed by atoms with E-state index in [2.05, 4.69) is 19.9 Å². The lowest BCUT2D eigenvalue weighted by atomic mass is 9.72. The molecule has 0 saturated carbocycles. The largest absolute Gasteiger partial charge is 0.477 e. The molecule has 0 spiro atoms. The lowest BCUT2D eigenvalue weighted by Gasteiger charge is -2.48. The van der Waals surface area contributed by atoms with E-state index in [4.69, 9.17) is 4.74 Å². The Morgan fingerprint density at radius 1 is 1.22 bits per heavy atom. The monoisotopic (exact) mass is 466 g/mol.